The Bertz CT molecular complexity index is 1130. The van der Waals surface area contributed by atoms with Crippen molar-refractivity contribution in [1.82, 2.24) is 9.88 Å². The molecule has 1 aliphatic rings. The molecule has 1 fully saturated rings. The molecule has 0 radical (unpaired) electrons. The Kier molecular flexibility index (Phi) is 5.87. The number of aromatic nitrogens is 1. The van der Waals surface area contributed by atoms with Gasteiger partial charge in [0.1, 0.15) is 10.7 Å². The second kappa shape index (κ2) is 8.59. The van der Waals surface area contributed by atoms with E-state index in [1.54, 1.807) is 16.5 Å². The zero-order chi connectivity index (χ0) is 22.0. The average molecular weight is 438 g/mol. The Morgan fingerprint density at radius 1 is 1.19 bits per heavy atom. The lowest BCUT2D eigenvalue weighted by molar-refractivity contribution is -0.130. The topological polar surface area (TPSA) is 76.3 Å². The highest BCUT2D eigenvalue weighted by atomic mass is 32.1. The standard InChI is InChI=1S/C24H24FN3O2S/c1-16-21(31-15-27-16)22(29)28-10-4-9-24(14-28,23(26)30)13-17-5-2-6-18(11-17)19-7-3-8-20(25)12-19/h2-3,5-8,11-12,15H,4,9-10,13-14H2,1H3,(H2,26,30)/t24-/m0/s1. The number of rotatable bonds is 5. The van der Waals surface area contributed by atoms with E-state index in [9.17, 15) is 14.0 Å². The van der Waals surface area contributed by atoms with Gasteiger partial charge in [0.25, 0.3) is 5.91 Å². The third-order valence-corrected chi connectivity index (χ3v) is 6.87. The number of thiazole rings is 1. The number of piperidine rings is 1. The summed E-state index contributed by atoms with van der Waals surface area (Å²) in [7, 11) is 0. The Morgan fingerprint density at radius 2 is 1.94 bits per heavy atom. The molecule has 160 valence electrons. The first-order chi connectivity index (χ1) is 14.9. The predicted octanol–water partition coefficient (Wildman–Crippen LogP) is 4.21. The summed E-state index contributed by atoms with van der Waals surface area (Å²) in [5.41, 5.74) is 10.00. The molecule has 0 bridgehead atoms. The smallest absolute Gasteiger partial charge is 0.265 e. The van der Waals surface area contributed by atoms with Crippen molar-refractivity contribution in [1.29, 1.82) is 0 Å². The van der Waals surface area contributed by atoms with Crippen LogP contribution >= 0.6 is 11.3 Å². The molecule has 2 heterocycles. The maximum atomic E-state index is 13.7. The van der Waals surface area contributed by atoms with E-state index < -0.39 is 11.3 Å². The fourth-order valence-electron chi connectivity index (χ4n) is 4.31. The first-order valence-electron chi connectivity index (χ1n) is 10.2. The number of benzene rings is 2. The van der Waals surface area contributed by atoms with Crippen LogP contribution in [0.15, 0.2) is 54.0 Å². The average Bonchev–Trinajstić information content (AvgIpc) is 3.19. The maximum Gasteiger partial charge on any atom is 0.265 e. The molecule has 1 aromatic heterocycles. The summed E-state index contributed by atoms with van der Waals surface area (Å²) in [5.74, 6) is -0.794. The molecule has 0 unspecified atom stereocenters. The first kappa shape index (κ1) is 21.2. The zero-order valence-electron chi connectivity index (χ0n) is 17.3. The number of primary amides is 1. The van der Waals surface area contributed by atoms with Crippen molar-refractivity contribution < 1.29 is 14.0 Å². The predicted molar refractivity (Wildman–Crippen MR) is 119 cm³/mol. The van der Waals surface area contributed by atoms with Crippen molar-refractivity contribution in [3.63, 3.8) is 0 Å². The SMILES string of the molecule is Cc1ncsc1C(=O)N1CCC[C@@](Cc2cccc(-c3cccc(F)c3)c2)(C(N)=O)C1. The van der Waals surface area contributed by atoms with Gasteiger partial charge >= 0.3 is 0 Å². The van der Waals surface area contributed by atoms with Crippen LogP contribution in [0, 0.1) is 18.2 Å². The van der Waals surface area contributed by atoms with Gasteiger partial charge in [0.05, 0.1) is 16.6 Å². The minimum atomic E-state index is -0.840. The van der Waals surface area contributed by atoms with Crippen LogP contribution in [0.2, 0.25) is 0 Å². The van der Waals surface area contributed by atoms with Crippen LogP contribution in [0.5, 0.6) is 0 Å². The number of amides is 2. The van der Waals surface area contributed by atoms with Crippen molar-refractivity contribution in [2.75, 3.05) is 13.1 Å². The van der Waals surface area contributed by atoms with E-state index in [0.29, 0.717) is 36.4 Å². The largest absolute Gasteiger partial charge is 0.369 e. The molecule has 0 spiro atoms. The van der Waals surface area contributed by atoms with Gasteiger partial charge in [0, 0.05) is 13.1 Å². The van der Waals surface area contributed by atoms with E-state index in [4.69, 9.17) is 5.73 Å². The highest BCUT2D eigenvalue weighted by Gasteiger charge is 2.42. The Labute approximate surface area is 184 Å². The van der Waals surface area contributed by atoms with Crippen LogP contribution in [-0.4, -0.2) is 34.8 Å². The number of nitrogens with zero attached hydrogens (tertiary/aromatic N) is 2. The number of nitrogens with two attached hydrogens (primary N) is 1. The molecule has 3 aromatic rings. The summed E-state index contributed by atoms with van der Waals surface area (Å²) >= 11 is 1.32. The van der Waals surface area contributed by atoms with E-state index in [-0.39, 0.29) is 18.3 Å². The van der Waals surface area contributed by atoms with Gasteiger partial charge in [-0.05, 0) is 55.0 Å². The quantitative estimate of drug-likeness (QED) is 0.650. The first-order valence-corrected chi connectivity index (χ1v) is 11.1. The fraction of sp³-hybridized carbons (Fsp3) is 0.292. The lowest BCUT2D eigenvalue weighted by Gasteiger charge is -2.41. The molecule has 4 rings (SSSR count). The number of hydrogen-bond acceptors (Lipinski definition) is 4. The van der Waals surface area contributed by atoms with Crippen LogP contribution in [0.3, 0.4) is 0 Å². The number of hydrogen-bond donors (Lipinski definition) is 1. The molecule has 1 aliphatic heterocycles. The number of carbonyl (C=O) groups is 2. The summed E-state index contributed by atoms with van der Waals surface area (Å²) < 4.78 is 13.7. The molecule has 2 aromatic carbocycles. The maximum absolute atomic E-state index is 13.7. The number of aryl methyl sites for hydroxylation is 1. The Balaban J connectivity index is 1.60. The molecule has 0 saturated carbocycles. The summed E-state index contributed by atoms with van der Waals surface area (Å²) in [4.78, 5) is 32.2. The molecule has 2 N–H and O–H groups in total. The van der Waals surface area contributed by atoms with Crippen molar-refractivity contribution in [2.45, 2.75) is 26.2 Å². The lowest BCUT2D eigenvalue weighted by atomic mass is 9.74. The normalized spacial score (nSPS) is 18.7. The van der Waals surface area contributed by atoms with Crippen LogP contribution in [0.4, 0.5) is 4.39 Å². The molecule has 7 heteroatoms. The van der Waals surface area contributed by atoms with Crippen molar-refractivity contribution in [3.8, 4) is 11.1 Å². The van der Waals surface area contributed by atoms with E-state index >= 15 is 0 Å². The van der Waals surface area contributed by atoms with E-state index in [1.807, 2.05) is 37.3 Å². The zero-order valence-corrected chi connectivity index (χ0v) is 18.1. The summed E-state index contributed by atoms with van der Waals surface area (Å²) in [6, 6.07) is 14.2. The van der Waals surface area contributed by atoms with Gasteiger partial charge in [-0.2, -0.15) is 0 Å². The van der Waals surface area contributed by atoms with Crippen molar-refractivity contribution >= 4 is 23.2 Å². The lowest BCUT2D eigenvalue weighted by Crippen LogP contribution is -2.53. The second-order valence-electron chi connectivity index (χ2n) is 8.13. The third kappa shape index (κ3) is 4.37. The van der Waals surface area contributed by atoms with Gasteiger partial charge in [-0.1, -0.05) is 36.4 Å². The minimum Gasteiger partial charge on any atom is -0.369 e. The molecular formula is C24H24FN3O2S. The molecular weight excluding hydrogens is 413 g/mol. The molecule has 5 nitrogen and oxygen atoms in total. The molecule has 1 saturated heterocycles. The highest BCUT2D eigenvalue weighted by molar-refractivity contribution is 7.11. The highest BCUT2D eigenvalue weighted by Crippen LogP contribution is 2.35. The van der Waals surface area contributed by atoms with Gasteiger partial charge in [-0.25, -0.2) is 9.37 Å². The minimum absolute atomic E-state index is 0.0983. The number of likely N-dealkylation sites (tertiary alicyclic amines) is 1. The second-order valence-corrected chi connectivity index (χ2v) is 8.98. The summed E-state index contributed by atoms with van der Waals surface area (Å²) in [6.07, 6.45) is 1.75. The summed E-state index contributed by atoms with van der Waals surface area (Å²) in [5, 5.41) is 0. The Morgan fingerprint density at radius 3 is 2.61 bits per heavy atom. The van der Waals surface area contributed by atoms with Crippen LogP contribution in [0.25, 0.3) is 11.1 Å². The van der Waals surface area contributed by atoms with Gasteiger partial charge in [-0.3, -0.25) is 9.59 Å². The van der Waals surface area contributed by atoms with Crippen LogP contribution in [-0.2, 0) is 11.2 Å². The van der Waals surface area contributed by atoms with Gasteiger partial charge in [0.2, 0.25) is 5.91 Å². The molecule has 31 heavy (non-hydrogen) atoms. The van der Waals surface area contributed by atoms with Gasteiger partial charge < -0.3 is 10.6 Å². The molecule has 0 aliphatic carbocycles. The summed E-state index contributed by atoms with van der Waals surface area (Å²) in [6.45, 7) is 2.68. The third-order valence-electron chi connectivity index (χ3n) is 5.95. The van der Waals surface area contributed by atoms with E-state index in [0.717, 1.165) is 16.7 Å². The number of halogens is 1. The van der Waals surface area contributed by atoms with E-state index in [2.05, 4.69) is 4.98 Å². The van der Waals surface area contributed by atoms with Crippen molar-refractivity contribution in [3.05, 3.63) is 76.0 Å². The van der Waals surface area contributed by atoms with Gasteiger partial charge in [-0.15, -0.1) is 11.3 Å². The van der Waals surface area contributed by atoms with E-state index in [1.165, 1.54) is 23.5 Å². The number of carbonyl (C=O) groups excluding carboxylic acids is 2. The van der Waals surface area contributed by atoms with Crippen LogP contribution in [0.1, 0.15) is 33.8 Å². The molecule has 2 amide bonds. The fourth-order valence-corrected chi connectivity index (χ4v) is 5.08. The molecule has 1 atom stereocenters. The van der Waals surface area contributed by atoms with Crippen molar-refractivity contribution in [2.24, 2.45) is 11.1 Å². The van der Waals surface area contributed by atoms with Crippen LogP contribution < -0.4 is 5.73 Å². The Hall–Kier alpha value is -3.06. The van der Waals surface area contributed by atoms with Gasteiger partial charge in [0.15, 0.2) is 0 Å². The monoisotopic (exact) mass is 437 g/mol.